The maximum Gasteiger partial charge on any atom is 0.123 e. The quantitative estimate of drug-likeness (QED) is 0.932. The molecule has 1 aromatic carbocycles. The Hall–Kier alpha value is -1.06. The summed E-state index contributed by atoms with van der Waals surface area (Å²) in [6.07, 6.45) is 7.96. The number of fused-ring (bicyclic) bond motifs is 2. The van der Waals surface area contributed by atoms with E-state index in [0.29, 0.717) is 0 Å². The lowest BCUT2D eigenvalue weighted by molar-refractivity contribution is 0.0842. The number of para-hydroxylation sites is 1. The van der Waals surface area contributed by atoms with Gasteiger partial charge < -0.3 is 10.5 Å². The van der Waals surface area contributed by atoms with Gasteiger partial charge in [0.2, 0.25) is 0 Å². The van der Waals surface area contributed by atoms with Crippen molar-refractivity contribution in [2.45, 2.75) is 50.1 Å². The maximum atomic E-state index is 6.79. The van der Waals surface area contributed by atoms with Crippen LogP contribution in [-0.2, 0) is 5.54 Å². The van der Waals surface area contributed by atoms with Crippen molar-refractivity contribution in [2.75, 3.05) is 20.2 Å². The molecule has 2 bridgehead atoms. The molecule has 1 saturated heterocycles. The number of hydrogen-bond acceptors (Lipinski definition) is 3. The Morgan fingerprint density at radius 1 is 1.14 bits per heavy atom. The number of ether oxygens (including phenoxy) is 1. The molecule has 3 fully saturated rings. The molecule has 2 saturated carbocycles. The zero-order valence-electron chi connectivity index (χ0n) is 13.6. The van der Waals surface area contributed by atoms with Crippen LogP contribution in [0.1, 0.15) is 44.1 Å². The second kappa shape index (κ2) is 5.54. The first-order valence-corrected chi connectivity index (χ1v) is 8.86. The van der Waals surface area contributed by atoms with Crippen LogP contribution in [0.5, 0.6) is 5.75 Å². The molecule has 3 atom stereocenters. The fourth-order valence-corrected chi connectivity index (χ4v) is 5.24. The highest BCUT2D eigenvalue weighted by Gasteiger charge is 2.44. The van der Waals surface area contributed by atoms with Gasteiger partial charge in [0.25, 0.3) is 0 Å². The first-order valence-electron chi connectivity index (χ1n) is 8.86. The molecule has 0 aromatic heterocycles. The van der Waals surface area contributed by atoms with Gasteiger partial charge in [0.05, 0.1) is 7.11 Å². The fourth-order valence-electron chi connectivity index (χ4n) is 5.24. The van der Waals surface area contributed by atoms with Crippen LogP contribution in [0.3, 0.4) is 0 Å². The third kappa shape index (κ3) is 2.35. The van der Waals surface area contributed by atoms with Crippen LogP contribution >= 0.6 is 0 Å². The van der Waals surface area contributed by atoms with Gasteiger partial charge in [0, 0.05) is 30.2 Å². The minimum absolute atomic E-state index is 0.222. The van der Waals surface area contributed by atoms with Crippen LogP contribution in [0.25, 0.3) is 0 Å². The van der Waals surface area contributed by atoms with E-state index in [1.165, 1.54) is 31.2 Å². The van der Waals surface area contributed by atoms with Gasteiger partial charge in [0.15, 0.2) is 0 Å². The minimum Gasteiger partial charge on any atom is -0.496 e. The van der Waals surface area contributed by atoms with Gasteiger partial charge in [-0.3, -0.25) is 4.90 Å². The van der Waals surface area contributed by atoms with Crippen molar-refractivity contribution in [3.63, 3.8) is 0 Å². The van der Waals surface area contributed by atoms with Gasteiger partial charge >= 0.3 is 0 Å². The number of rotatable bonds is 3. The van der Waals surface area contributed by atoms with Crippen LogP contribution in [0.2, 0.25) is 0 Å². The second-order valence-corrected chi connectivity index (χ2v) is 7.63. The van der Waals surface area contributed by atoms with Crippen LogP contribution in [0, 0.1) is 11.8 Å². The van der Waals surface area contributed by atoms with Crippen LogP contribution in [0.15, 0.2) is 24.3 Å². The van der Waals surface area contributed by atoms with E-state index < -0.39 is 0 Å². The smallest absolute Gasteiger partial charge is 0.123 e. The molecule has 0 radical (unpaired) electrons. The lowest BCUT2D eigenvalue weighted by atomic mass is 9.80. The largest absolute Gasteiger partial charge is 0.496 e. The summed E-state index contributed by atoms with van der Waals surface area (Å²) in [4.78, 5) is 2.74. The van der Waals surface area contributed by atoms with Crippen molar-refractivity contribution in [3.05, 3.63) is 29.8 Å². The van der Waals surface area contributed by atoms with Gasteiger partial charge in [-0.25, -0.2) is 0 Å². The summed E-state index contributed by atoms with van der Waals surface area (Å²) >= 11 is 0. The number of nitrogens with two attached hydrogens (primary N) is 1. The molecule has 2 aliphatic carbocycles. The lowest BCUT2D eigenvalue weighted by Crippen LogP contribution is -2.52. The Bertz CT molecular complexity index is 536. The first kappa shape index (κ1) is 14.5. The highest BCUT2D eigenvalue weighted by Crippen LogP contribution is 2.48. The molecule has 120 valence electrons. The van der Waals surface area contributed by atoms with Gasteiger partial charge in [-0.2, -0.15) is 0 Å². The van der Waals surface area contributed by atoms with Crippen LogP contribution in [-0.4, -0.2) is 31.1 Å². The van der Waals surface area contributed by atoms with Gasteiger partial charge in [-0.05, 0) is 50.0 Å². The Balaban J connectivity index is 1.46. The third-order valence-electron chi connectivity index (χ3n) is 6.50. The highest BCUT2D eigenvalue weighted by atomic mass is 16.5. The van der Waals surface area contributed by atoms with E-state index in [9.17, 15) is 0 Å². The molecule has 1 aromatic rings. The molecular formula is C19H28N2O. The molecule has 3 aliphatic rings. The number of benzene rings is 1. The molecule has 0 amide bonds. The summed E-state index contributed by atoms with van der Waals surface area (Å²) in [6, 6.07) is 9.13. The van der Waals surface area contributed by atoms with Crippen LogP contribution in [0.4, 0.5) is 0 Å². The molecule has 22 heavy (non-hydrogen) atoms. The number of likely N-dealkylation sites (tertiary alicyclic amines) is 1. The number of methoxy groups -OCH3 is 1. The molecule has 3 unspecified atom stereocenters. The monoisotopic (exact) mass is 300 g/mol. The van der Waals surface area contributed by atoms with Gasteiger partial charge in [-0.15, -0.1) is 0 Å². The van der Waals surface area contributed by atoms with Crippen molar-refractivity contribution >= 4 is 0 Å². The van der Waals surface area contributed by atoms with E-state index >= 15 is 0 Å². The zero-order chi connectivity index (χ0) is 15.2. The first-order chi connectivity index (χ1) is 10.7. The molecule has 3 heteroatoms. The second-order valence-electron chi connectivity index (χ2n) is 7.63. The number of nitrogens with zero attached hydrogens (tertiary/aromatic N) is 1. The summed E-state index contributed by atoms with van der Waals surface area (Å²) < 4.78 is 5.54. The van der Waals surface area contributed by atoms with E-state index in [4.69, 9.17) is 10.5 Å². The van der Waals surface area contributed by atoms with Crippen molar-refractivity contribution in [1.29, 1.82) is 0 Å². The molecule has 4 rings (SSSR count). The molecule has 1 heterocycles. The predicted octanol–water partition coefficient (Wildman–Crippen LogP) is 3.13. The Labute approximate surface area is 133 Å². The standard InChI is InChI=1S/C19H28N2O/c1-22-18-5-3-2-4-16(18)19(20)8-10-21(11-9-19)17-13-14-6-7-15(17)12-14/h2-5,14-15,17H,6-13,20H2,1H3. The number of hydrogen-bond donors (Lipinski definition) is 1. The minimum atomic E-state index is -0.222. The van der Waals surface area contributed by atoms with E-state index in [1.807, 2.05) is 12.1 Å². The Morgan fingerprint density at radius 3 is 2.55 bits per heavy atom. The predicted molar refractivity (Wildman–Crippen MR) is 88.9 cm³/mol. The summed E-state index contributed by atoms with van der Waals surface area (Å²) in [6.45, 7) is 2.28. The number of piperidine rings is 1. The van der Waals surface area contributed by atoms with Crippen LogP contribution < -0.4 is 10.5 Å². The molecular weight excluding hydrogens is 272 g/mol. The van der Waals surface area contributed by atoms with Gasteiger partial charge in [-0.1, -0.05) is 24.6 Å². The third-order valence-corrected chi connectivity index (χ3v) is 6.50. The summed E-state index contributed by atoms with van der Waals surface area (Å²) in [7, 11) is 1.74. The van der Waals surface area contributed by atoms with E-state index in [-0.39, 0.29) is 5.54 Å². The Morgan fingerprint density at radius 2 is 1.91 bits per heavy atom. The molecule has 0 spiro atoms. The lowest BCUT2D eigenvalue weighted by Gasteiger charge is -2.44. The van der Waals surface area contributed by atoms with E-state index in [0.717, 1.165) is 49.6 Å². The molecule has 3 nitrogen and oxygen atoms in total. The SMILES string of the molecule is COc1ccccc1C1(N)CCN(C2CC3CCC2C3)CC1. The van der Waals surface area contributed by atoms with Crippen molar-refractivity contribution in [3.8, 4) is 5.75 Å². The van der Waals surface area contributed by atoms with E-state index in [2.05, 4.69) is 17.0 Å². The highest BCUT2D eigenvalue weighted by molar-refractivity contribution is 5.39. The topological polar surface area (TPSA) is 38.5 Å². The van der Waals surface area contributed by atoms with Crippen molar-refractivity contribution in [1.82, 2.24) is 4.90 Å². The average molecular weight is 300 g/mol. The molecule has 2 N–H and O–H groups in total. The maximum absolute atomic E-state index is 6.79. The normalized spacial score (nSPS) is 34.0. The summed E-state index contributed by atoms with van der Waals surface area (Å²) in [5, 5.41) is 0. The summed E-state index contributed by atoms with van der Waals surface area (Å²) in [5.41, 5.74) is 7.75. The van der Waals surface area contributed by atoms with Crippen molar-refractivity contribution < 1.29 is 4.74 Å². The summed E-state index contributed by atoms with van der Waals surface area (Å²) in [5.74, 6) is 2.94. The average Bonchev–Trinajstić information content (AvgIpc) is 3.18. The Kier molecular flexibility index (Phi) is 3.66. The van der Waals surface area contributed by atoms with Gasteiger partial charge in [0.1, 0.15) is 5.75 Å². The molecule has 1 aliphatic heterocycles. The fraction of sp³-hybridized carbons (Fsp3) is 0.684. The van der Waals surface area contributed by atoms with E-state index in [1.54, 1.807) is 7.11 Å². The zero-order valence-corrected chi connectivity index (χ0v) is 13.6. The van der Waals surface area contributed by atoms with Crippen molar-refractivity contribution in [2.24, 2.45) is 17.6 Å².